The molecule has 1 rings (SSSR count). The van der Waals surface area contributed by atoms with Gasteiger partial charge < -0.3 is 0 Å². The molecule has 8 heavy (non-hydrogen) atoms. The zero-order valence-electron chi connectivity index (χ0n) is 4.14. The molecule has 0 bridgehead atoms. The highest BCUT2D eigenvalue weighted by Crippen LogP contribution is 1.72. The molecular formula is C5H4OS2. The lowest BCUT2D eigenvalue weighted by Gasteiger charge is -1.56. The molecular weight excluding hydrogens is 140 g/mol. The minimum Gasteiger partial charge on any atom is -0.265 e. The summed E-state index contributed by atoms with van der Waals surface area (Å²) in [5.74, 6) is 0. The molecule has 0 N–H and O–H groups in total. The van der Waals surface area contributed by atoms with Gasteiger partial charge in [-0.3, -0.25) is 4.79 Å². The van der Waals surface area contributed by atoms with Crippen molar-refractivity contribution >= 4 is 35.8 Å². The van der Waals surface area contributed by atoms with Crippen LogP contribution in [0.3, 0.4) is 0 Å². The van der Waals surface area contributed by atoms with Crippen LogP contribution in [0.4, 0.5) is 0 Å². The first kappa shape index (κ1) is 5.72. The third kappa shape index (κ3) is 0.877. The fraction of sp³-hybridized carbons (Fsp3) is 0. The van der Waals surface area contributed by atoms with Crippen LogP contribution in [0, 0.1) is 0 Å². The van der Waals surface area contributed by atoms with Gasteiger partial charge in [0.05, 0.1) is 0 Å². The molecule has 0 aliphatic carbocycles. The summed E-state index contributed by atoms with van der Waals surface area (Å²) in [6.45, 7) is 7.21. The molecule has 0 aliphatic rings. The number of rotatable bonds is 0. The maximum Gasteiger partial charge on any atom is 0.288 e. The monoisotopic (exact) mass is 144 g/mol. The average molecular weight is 144 g/mol. The van der Waals surface area contributed by atoms with Crippen molar-refractivity contribution in [2.24, 2.45) is 0 Å². The zero-order chi connectivity index (χ0) is 6.15. The van der Waals surface area contributed by atoms with E-state index >= 15 is 0 Å². The first-order valence-electron chi connectivity index (χ1n) is 1.98. The van der Waals surface area contributed by atoms with Gasteiger partial charge in [0.2, 0.25) is 0 Å². The smallest absolute Gasteiger partial charge is 0.265 e. The van der Waals surface area contributed by atoms with E-state index in [0.717, 1.165) is 31.7 Å². The van der Waals surface area contributed by atoms with Crippen LogP contribution >= 0.6 is 22.7 Å². The van der Waals surface area contributed by atoms with E-state index in [0.29, 0.717) is 0 Å². The molecule has 3 heteroatoms. The van der Waals surface area contributed by atoms with Crippen LogP contribution < -0.4 is 13.1 Å². The molecule has 0 amide bonds. The fourth-order valence-electron chi connectivity index (χ4n) is 0.336. The van der Waals surface area contributed by atoms with Crippen molar-refractivity contribution < 1.29 is 0 Å². The predicted molar refractivity (Wildman–Crippen MR) is 38.8 cm³/mol. The summed E-state index contributed by atoms with van der Waals surface area (Å²) >= 11 is 2.32. The van der Waals surface area contributed by atoms with Crippen molar-refractivity contribution in [1.82, 2.24) is 0 Å². The van der Waals surface area contributed by atoms with Crippen molar-refractivity contribution in [2.45, 2.75) is 0 Å². The van der Waals surface area contributed by atoms with Gasteiger partial charge in [0.15, 0.2) is 0 Å². The normalized spacial score (nSPS) is 9.50. The summed E-state index contributed by atoms with van der Waals surface area (Å²) in [6.07, 6.45) is 0. The molecule has 0 spiro atoms. The Hall–Kier alpha value is -0.410. The van der Waals surface area contributed by atoms with Gasteiger partial charge in [0, 0.05) is 9.06 Å². The lowest BCUT2D eigenvalue weighted by atomic mass is 10.8. The Bertz CT molecular complexity index is 288. The van der Waals surface area contributed by atoms with Gasteiger partial charge in [-0.15, -0.1) is 0 Å². The van der Waals surface area contributed by atoms with Gasteiger partial charge >= 0.3 is 0 Å². The third-order valence-electron chi connectivity index (χ3n) is 0.724. The van der Waals surface area contributed by atoms with E-state index in [9.17, 15) is 4.79 Å². The first-order chi connectivity index (χ1) is 3.70. The third-order valence-corrected chi connectivity index (χ3v) is 2.67. The van der Waals surface area contributed by atoms with Gasteiger partial charge in [0.1, 0.15) is 0 Å². The van der Waals surface area contributed by atoms with Crippen molar-refractivity contribution in [1.29, 1.82) is 0 Å². The van der Waals surface area contributed by atoms with Gasteiger partial charge in [-0.25, -0.2) is 0 Å². The van der Waals surface area contributed by atoms with E-state index in [1.54, 1.807) is 0 Å². The molecule has 1 aromatic heterocycles. The summed E-state index contributed by atoms with van der Waals surface area (Å²) in [5.41, 5.74) is 0. The van der Waals surface area contributed by atoms with Crippen molar-refractivity contribution in [3.8, 4) is 0 Å². The van der Waals surface area contributed by atoms with Crippen LogP contribution in [0.15, 0.2) is 4.79 Å². The second kappa shape index (κ2) is 1.84. The Morgan fingerprint density at radius 3 is 1.62 bits per heavy atom. The number of hydrogen-bond acceptors (Lipinski definition) is 3. The van der Waals surface area contributed by atoms with Crippen molar-refractivity contribution in [3.63, 3.8) is 0 Å². The highest BCUT2D eigenvalue weighted by Gasteiger charge is 1.85. The summed E-state index contributed by atoms with van der Waals surface area (Å²) in [5, 5.41) is 0. The molecule has 1 aromatic rings. The Balaban J connectivity index is 3.86. The summed E-state index contributed by atoms with van der Waals surface area (Å²) < 4.78 is 1.67. The molecule has 0 fully saturated rings. The summed E-state index contributed by atoms with van der Waals surface area (Å²) in [7, 11) is 0. The molecule has 0 radical (unpaired) electrons. The highest BCUT2D eigenvalue weighted by atomic mass is 32.2. The topological polar surface area (TPSA) is 17.1 Å². The van der Waals surface area contributed by atoms with E-state index in [1.165, 1.54) is 0 Å². The summed E-state index contributed by atoms with van der Waals surface area (Å²) in [6, 6.07) is 0. The minimum atomic E-state index is 0.0833. The Morgan fingerprint density at radius 2 is 1.50 bits per heavy atom. The average Bonchev–Trinajstić information content (AvgIpc) is 1.85. The van der Waals surface area contributed by atoms with Crippen LogP contribution in [-0.4, -0.2) is 0 Å². The zero-order valence-corrected chi connectivity index (χ0v) is 5.77. The molecule has 1 heterocycles. The van der Waals surface area contributed by atoms with E-state index < -0.39 is 0 Å². The van der Waals surface area contributed by atoms with E-state index in [4.69, 9.17) is 0 Å². The molecule has 0 saturated carbocycles. The minimum absolute atomic E-state index is 0.0833. The second-order valence-corrected chi connectivity index (χ2v) is 3.69. The van der Waals surface area contributed by atoms with Crippen molar-refractivity contribution in [2.75, 3.05) is 0 Å². The fourth-order valence-corrected chi connectivity index (χ4v) is 1.99. The lowest BCUT2D eigenvalue weighted by Crippen LogP contribution is -2.09. The molecule has 0 atom stereocenters. The predicted octanol–water partition coefficient (Wildman–Crippen LogP) is -0.00960. The van der Waals surface area contributed by atoms with Crippen LogP contribution in [0.1, 0.15) is 0 Å². The maximum absolute atomic E-state index is 10.5. The van der Waals surface area contributed by atoms with Gasteiger partial charge in [-0.05, 0) is 0 Å². The number of hydrogen-bond donors (Lipinski definition) is 0. The molecule has 0 saturated heterocycles. The van der Waals surface area contributed by atoms with Crippen molar-refractivity contribution in [3.05, 3.63) is 17.9 Å². The Labute approximate surface area is 54.2 Å². The van der Waals surface area contributed by atoms with Crippen LogP contribution in [0.2, 0.25) is 0 Å². The summed E-state index contributed by atoms with van der Waals surface area (Å²) in [4.78, 5) is 10.5. The van der Waals surface area contributed by atoms with Crippen LogP contribution in [-0.2, 0) is 0 Å². The molecule has 0 unspecified atom stereocenters. The van der Waals surface area contributed by atoms with Crippen LogP contribution in [0.25, 0.3) is 13.2 Å². The van der Waals surface area contributed by atoms with Gasteiger partial charge in [0.25, 0.3) is 4.06 Å². The second-order valence-electron chi connectivity index (χ2n) is 1.30. The molecule has 1 nitrogen and oxygen atoms in total. The SMILES string of the molecule is C=c1sc(=O)sc1=C. The molecule has 42 valence electrons. The Morgan fingerprint density at radius 1 is 1.12 bits per heavy atom. The Kier molecular flexibility index (Phi) is 1.31. The van der Waals surface area contributed by atoms with E-state index in [2.05, 4.69) is 13.2 Å². The first-order valence-corrected chi connectivity index (χ1v) is 3.61. The lowest BCUT2D eigenvalue weighted by molar-refractivity contribution is 1.96. The van der Waals surface area contributed by atoms with Gasteiger partial charge in [-0.1, -0.05) is 35.8 Å². The van der Waals surface area contributed by atoms with E-state index in [-0.39, 0.29) is 4.06 Å². The standard InChI is InChI=1S/C5H4OS2/c1-3-4(2)8-5(6)7-3/h1-2H2. The molecule has 0 aromatic carbocycles. The molecule has 0 aliphatic heterocycles. The van der Waals surface area contributed by atoms with Crippen LogP contribution in [0.5, 0.6) is 0 Å². The largest absolute Gasteiger partial charge is 0.288 e. The quantitative estimate of drug-likeness (QED) is 0.500. The maximum atomic E-state index is 10.5. The van der Waals surface area contributed by atoms with E-state index in [1.807, 2.05) is 0 Å². The highest BCUT2D eigenvalue weighted by molar-refractivity contribution is 7.24. The van der Waals surface area contributed by atoms with Gasteiger partial charge in [-0.2, -0.15) is 0 Å².